The number of nitrogens with zero attached hydrogens (tertiary/aromatic N) is 1. The van der Waals surface area contributed by atoms with Crippen LogP contribution in [0, 0.1) is 19.8 Å². The second-order valence-corrected chi connectivity index (χ2v) is 8.97. The summed E-state index contributed by atoms with van der Waals surface area (Å²) in [6, 6.07) is 3.89. The van der Waals surface area contributed by atoms with Crippen molar-refractivity contribution in [1.29, 1.82) is 0 Å². The van der Waals surface area contributed by atoms with E-state index in [2.05, 4.69) is 0 Å². The second kappa shape index (κ2) is 7.85. The van der Waals surface area contributed by atoms with E-state index in [-0.39, 0.29) is 24.5 Å². The van der Waals surface area contributed by atoms with Crippen LogP contribution in [0.3, 0.4) is 0 Å². The Morgan fingerprint density at radius 2 is 2.00 bits per heavy atom. The summed E-state index contributed by atoms with van der Waals surface area (Å²) >= 11 is 0. The molecule has 1 saturated heterocycles. The Bertz CT molecular complexity index is 729. The lowest BCUT2D eigenvalue weighted by Crippen LogP contribution is -2.41. The normalized spacial score (nSPS) is 21.7. The van der Waals surface area contributed by atoms with Gasteiger partial charge in [-0.25, -0.2) is 8.42 Å². The number of aryl methyl sites for hydroxylation is 2. The quantitative estimate of drug-likeness (QED) is 0.776. The minimum Gasteiger partial charge on any atom is -0.464 e. The second-order valence-electron chi connectivity index (χ2n) is 7.08. The van der Waals surface area contributed by atoms with Crippen molar-refractivity contribution >= 4 is 16.0 Å². The molecule has 2 rings (SSSR count). The molecule has 7 heteroatoms. The molecule has 1 aliphatic rings. The van der Waals surface area contributed by atoms with E-state index in [1.807, 2.05) is 27.7 Å². The molecule has 1 fully saturated rings. The predicted molar refractivity (Wildman–Crippen MR) is 94.6 cm³/mol. The zero-order valence-corrected chi connectivity index (χ0v) is 16.0. The highest BCUT2D eigenvalue weighted by Gasteiger charge is 2.44. The molecule has 1 aliphatic heterocycles. The molecule has 0 amide bonds. The number of rotatable bonds is 6. The largest absolute Gasteiger partial charge is 0.464 e. The van der Waals surface area contributed by atoms with Gasteiger partial charge in [0.1, 0.15) is 6.04 Å². The first kappa shape index (κ1) is 19.9. The summed E-state index contributed by atoms with van der Waals surface area (Å²) in [6.07, 6.45) is -0.0980. The molecule has 0 bridgehead atoms. The van der Waals surface area contributed by atoms with Crippen molar-refractivity contribution in [2.24, 2.45) is 5.92 Å². The van der Waals surface area contributed by atoms with Gasteiger partial charge in [-0.15, -0.1) is 0 Å². The van der Waals surface area contributed by atoms with Crippen LogP contribution >= 0.6 is 0 Å². The Labute approximate surface area is 149 Å². The summed E-state index contributed by atoms with van der Waals surface area (Å²) in [5, 5.41) is 9.93. The average molecular weight is 369 g/mol. The number of carbonyl (C=O) groups is 1. The Kier molecular flexibility index (Phi) is 6.24. The van der Waals surface area contributed by atoms with Crippen molar-refractivity contribution in [3.05, 3.63) is 29.3 Å². The summed E-state index contributed by atoms with van der Waals surface area (Å²) in [4.78, 5) is 12.5. The van der Waals surface area contributed by atoms with Crippen molar-refractivity contribution in [2.45, 2.75) is 57.6 Å². The van der Waals surface area contributed by atoms with Gasteiger partial charge in [0.2, 0.25) is 10.0 Å². The van der Waals surface area contributed by atoms with Gasteiger partial charge in [0.15, 0.2) is 0 Å². The Balaban J connectivity index is 2.22. The zero-order valence-electron chi connectivity index (χ0n) is 15.2. The lowest BCUT2D eigenvalue weighted by atomic mass is 10.1. The van der Waals surface area contributed by atoms with Crippen molar-refractivity contribution in [1.82, 2.24) is 4.31 Å². The van der Waals surface area contributed by atoms with Crippen LogP contribution in [0.4, 0.5) is 0 Å². The number of hydrogen-bond acceptors (Lipinski definition) is 5. The Morgan fingerprint density at radius 1 is 1.32 bits per heavy atom. The number of aliphatic hydroxyl groups is 1. The van der Waals surface area contributed by atoms with Gasteiger partial charge in [0, 0.05) is 13.0 Å². The molecule has 0 spiro atoms. The predicted octanol–water partition coefficient (Wildman–Crippen LogP) is 2.02. The smallest absolute Gasteiger partial charge is 0.324 e. The lowest BCUT2D eigenvalue weighted by molar-refractivity contribution is -0.147. The first-order valence-corrected chi connectivity index (χ1v) is 10.0. The molecule has 1 aromatic rings. The van der Waals surface area contributed by atoms with E-state index in [0.29, 0.717) is 12.3 Å². The minimum atomic E-state index is -3.87. The third kappa shape index (κ3) is 4.59. The van der Waals surface area contributed by atoms with Crippen LogP contribution in [0.2, 0.25) is 0 Å². The van der Waals surface area contributed by atoms with Crippen molar-refractivity contribution in [3.63, 3.8) is 0 Å². The molecule has 0 saturated carbocycles. The highest BCUT2D eigenvalue weighted by molar-refractivity contribution is 7.89. The number of benzene rings is 1. The minimum absolute atomic E-state index is 0.0601. The van der Waals surface area contributed by atoms with Crippen molar-refractivity contribution < 1.29 is 23.1 Å². The highest BCUT2D eigenvalue weighted by Crippen LogP contribution is 2.28. The number of esters is 1. The molecule has 6 nitrogen and oxygen atoms in total. The lowest BCUT2D eigenvalue weighted by Gasteiger charge is -2.23. The molecule has 140 valence electrons. The van der Waals surface area contributed by atoms with Gasteiger partial charge < -0.3 is 9.84 Å². The van der Waals surface area contributed by atoms with Gasteiger partial charge in [-0.2, -0.15) is 4.31 Å². The maximum absolute atomic E-state index is 12.9. The third-order valence-electron chi connectivity index (χ3n) is 4.53. The number of hydrogen-bond donors (Lipinski definition) is 1. The van der Waals surface area contributed by atoms with E-state index in [9.17, 15) is 18.3 Å². The van der Waals surface area contributed by atoms with Gasteiger partial charge in [-0.05, 0) is 49.4 Å². The van der Waals surface area contributed by atoms with Crippen molar-refractivity contribution in [2.75, 3.05) is 13.2 Å². The SMILES string of the molecule is Cc1ccc(S(=O)(=O)N2CC(O)C[C@H]2C(=O)OCCC(C)C)cc1C. The fraction of sp³-hybridized carbons (Fsp3) is 0.611. The third-order valence-corrected chi connectivity index (χ3v) is 6.40. The molecule has 1 unspecified atom stereocenters. The topological polar surface area (TPSA) is 83.9 Å². The van der Waals surface area contributed by atoms with E-state index in [1.54, 1.807) is 12.1 Å². The summed E-state index contributed by atoms with van der Waals surface area (Å²) in [5.74, 6) is -0.207. The first-order chi connectivity index (χ1) is 11.6. The molecule has 0 radical (unpaired) electrons. The van der Waals surface area contributed by atoms with Crippen LogP contribution < -0.4 is 0 Å². The number of aliphatic hydroxyl groups excluding tert-OH is 1. The van der Waals surface area contributed by atoms with Gasteiger partial charge >= 0.3 is 5.97 Å². The molecule has 2 atom stereocenters. The molecule has 1 N–H and O–H groups in total. The fourth-order valence-electron chi connectivity index (χ4n) is 2.77. The fourth-order valence-corrected chi connectivity index (χ4v) is 4.48. The van der Waals surface area contributed by atoms with Gasteiger partial charge in [0.25, 0.3) is 0 Å². The molecule has 1 aromatic carbocycles. The van der Waals surface area contributed by atoms with E-state index in [1.165, 1.54) is 6.07 Å². The monoisotopic (exact) mass is 369 g/mol. The van der Waals surface area contributed by atoms with Crippen LogP contribution in [-0.2, 0) is 19.6 Å². The summed E-state index contributed by atoms with van der Waals surface area (Å²) in [6.45, 7) is 7.93. The number of carbonyl (C=O) groups excluding carboxylic acids is 1. The molecule has 0 aromatic heterocycles. The van der Waals surface area contributed by atoms with Gasteiger partial charge in [-0.1, -0.05) is 19.9 Å². The van der Waals surface area contributed by atoms with E-state index in [4.69, 9.17) is 4.74 Å². The van der Waals surface area contributed by atoms with Crippen LogP contribution in [0.1, 0.15) is 37.8 Å². The molecule has 25 heavy (non-hydrogen) atoms. The molecule has 0 aliphatic carbocycles. The van der Waals surface area contributed by atoms with Gasteiger partial charge in [-0.3, -0.25) is 4.79 Å². The Morgan fingerprint density at radius 3 is 2.60 bits per heavy atom. The van der Waals surface area contributed by atoms with E-state index >= 15 is 0 Å². The average Bonchev–Trinajstić information content (AvgIpc) is 2.92. The van der Waals surface area contributed by atoms with Crippen LogP contribution in [0.15, 0.2) is 23.1 Å². The highest BCUT2D eigenvalue weighted by atomic mass is 32.2. The van der Waals surface area contributed by atoms with Gasteiger partial charge in [0.05, 0.1) is 17.6 Å². The summed E-state index contributed by atoms with van der Waals surface area (Å²) in [7, 11) is -3.87. The van der Waals surface area contributed by atoms with E-state index < -0.39 is 28.1 Å². The molecular formula is C18H27NO5S. The summed E-state index contributed by atoms with van der Waals surface area (Å²) in [5.41, 5.74) is 1.85. The number of ether oxygens (including phenoxy) is 1. The standard InChI is InChI=1S/C18H27NO5S/c1-12(2)7-8-24-18(21)17-10-15(20)11-19(17)25(22,23)16-6-5-13(3)14(4)9-16/h5-6,9,12,15,17,20H,7-8,10-11H2,1-4H3/t15?,17-/m0/s1. The van der Waals surface area contributed by atoms with E-state index in [0.717, 1.165) is 15.4 Å². The maximum atomic E-state index is 12.9. The van der Waals surface area contributed by atoms with Crippen LogP contribution in [0.5, 0.6) is 0 Å². The van der Waals surface area contributed by atoms with Crippen molar-refractivity contribution in [3.8, 4) is 0 Å². The number of sulfonamides is 1. The van der Waals surface area contributed by atoms with Crippen LogP contribution in [0.25, 0.3) is 0 Å². The zero-order chi connectivity index (χ0) is 18.8. The molecular weight excluding hydrogens is 342 g/mol. The Hall–Kier alpha value is -1.44. The molecule has 1 heterocycles. The maximum Gasteiger partial charge on any atom is 0.324 e. The first-order valence-electron chi connectivity index (χ1n) is 8.56. The van der Waals surface area contributed by atoms with Crippen LogP contribution in [-0.4, -0.2) is 49.1 Å². The summed E-state index contributed by atoms with van der Waals surface area (Å²) < 4.78 is 32.2. The number of β-amino-alcohol motifs (C(OH)–C–C–N with tert-alkyl or cyclic N) is 1.